The standard InChI is InChI=1S/C20H25N3O/c1-15-7-6-10-18(22-15)19(24)21-14-20(2,3)23-12-11-16-8-4-5-9-17(16)13-23/h4-10H,11-14H2,1-3H3,(H,21,24). The second-order valence-electron chi connectivity index (χ2n) is 7.10. The van der Waals surface area contributed by atoms with Crippen molar-refractivity contribution in [3.8, 4) is 0 Å². The fourth-order valence-electron chi connectivity index (χ4n) is 3.18. The minimum absolute atomic E-state index is 0.104. The summed E-state index contributed by atoms with van der Waals surface area (Å²) in [7, 11) is 0. The maximum absolute atomic E-state index is 12.3. The molecule has 0 radical (unpaired) electrons. The number of aryl methyl sites for hydroxylation is 1. The summed E-state index contributed by atoms with van der Waals surface area (Å²) < 4.78 is 0. The Hall–Kier alpha value is -2.20. The lowest BCUT2D eigenvalue weighted by molar-refractivity contribution is 0.0822. The molecule has 2 aromatic rings. The number of hydrogen-bond acceptors (Lipinski definition) is 3. The second-order valence-corrected chi connectivity index (χ2v) is 7.10. The van der Waals surface area contributed by atoms with Crippen LogP contribution >= 0.6 is 0 Å². The van der Waals surface area contributed by atoms with E-state index >= 15 is 0 Å². The van der Waals surface area contributed by atoms with E-state index in [4.69, 9.17) is 0 Å². The minimum atomic E-state index is -0.107. The van der Waals surface area contributed by atoms with E-state index in [1.807, 2.05) is 19.1 Å². The largest absolute Gasteiger partial charge is 0.349 e. The molecule has 2 heterocycles. The van der Waals surface area contributed by atoms with Crippen LogP contribution in [0.3, 0.4) is 0 Å². The summed E-state index contributed by atoms with van der Waals surface area (Å²) in [6, 6.07) is 14.1. The van der Waals surface area contributed by atoms with Crippen LogP contribution in [0.25, 0.3) is 0 Å². The Labute approximate surface area is 143 Å². The molecule has 24 heavy (non-hydrogen) atoms. The Morgan fingerprint density at radius 3 is 2.67 bits per heavy atom. The molecule has 4 nitrogen and oxygen atoms in total. The van der Waals surface area contributed by atoms with E-state index in [2.05, 4.69) is 53.3 Å². The summed E-state index contributed by atoms with van der Waals surface area (Å²) in [5.41, 5.74) is 4.07. The van der Waals surface area contributed by atoms with Crippen LogP contribution in [0.4, 0.5) is 0 Å². The number of nitrogens with one attached hydrogen (secondary N) is 1. The topological polar surface area (TPSA) is 45.2 Å². The van der Waals surface area contributed by atoms with Crippen molar-refractivity contribution in [3.05, 3.63) is 65.0 Å². The normalized spacial score (nSPS) is 15.0. The van der Waals surface area contributed by atoms with Crippen molar-refractivity contribution in [2.24, 2.45) is 0 Å². The van der Waals surface area contributed by atoms with Gasteiger partial charge in [-0.2, -0.15) is 0 Å². The van der Waals surface area contributed by atoms with Gasteiger partial charge in [-0.1, -0.05) is 30.3 Å². The Morgan fingerprint density at radius 1 is 1.17 bits per heavy atom. The second kappa shape index (κ2) is 6.73. The zero-order chi connectivity index (χ0) is 17.2. The molecular formula is C20H25N3O. The average Bonchev–Trinajstić information content (AvgIpc) is 2.59. The highest BCUT2D eigenvalue weighted by Gasteiger charge is 2.30. The van der Waals surface area contributed by atoms with Gasteiger partial charge in [0.1, 0.15) is 5.69 Å². The molecule has 1 amide bonds. The lowest BCUT2D eigenvalue weighted by Gasteiger charge is -2.41. The van der Waals surface area contributed by atoms with Crippen LogP contribution in [-0.2, 0) is 13.0 Å². The number of benzene rings is 1. The molecular weight excluding hydrogens is 298 g/mol. The van der Waals surface area contributed by atoms with E-state index in [0.29, 0.717) is 12.2 Å². The number of carbonyl (C=O) groups is 1. The summed E-state index contributed by atoms with van der Waals surface area (Å²) in [5.74, 6) is -0.107. The van der Waals surface area contributed by atoms with E-state index < -0.39 is 0 Å². The maximum atomic E-state index is 12.3. The molecule has 0 spiro atoms. The van der Waals surface area contributed by atoms with Gasteiger partial charge in [-0.15, -0.1) is 0 Å². The quantitative estimate of drug-likeness (QED) is 0.941. The van der Waals surface area contributed by atoms with Crippen molar-refractivity contribution >= 4 is 5.91 Å². The molecule has 0 bridgehead atoms. The van der Waals surface area contributed by atoms with E-state index in [1.165, 1.54) is 11.1 Å². The number of amides is 1. The lowest BCUT2D eigenvalue weighted by Crippen LogP contribution is -2.53. The van der Waals surface area contributed by atoms with Crippen LogP contribution in [0.2, 0.25) is 0 Å². The fraction of sp³-hybridized carbons (Fsp3) is 0.400. The Bertz CT molecular complexity index is 739. The number of pyridine rings is 1. The van der Waals surface area contributed by atoms with Crippen molar-refractivity contribution in [1.82, 2.24) is 15.2 Å². The van der Waals surface area contributed by atoms with Crippen molar-refractivity contribution in [1.29, 1.82) is 0 Å². The molecule has 3 rings (SSSR count). The average molecular weight is 323 g/mol. The number of aromatic nitrogens is 1. The summed E-state index contributed by atoms with van der Waals surface area (Å²) >= 11 is 0. The van der Waals surface area contributed by atoms with Gasteiger partial charge in [0.2, 0.25) is 0 Å². The van der Waals surface area contributed by atoms with Crippen LogP contribution < -0.4 is 5.32 Å². The zero-order valence-electron chi connectivity index (χ0n) is 14.7. The third kappa shape index (κ3) is 3.65. The minimum Gasteiger partial charge on any atom is -0.349 e. The predicted molar refractivity (Wildman–Crippen MR) is 95.9 cm³/mol. The van der Waals surface area contributed by atoms with Crippen molar-refractivity contribution in [3.63, 3.8) is 0 Å². The molecule has 1 aliphatic rings. The lowest BCUT2D eigenvalue weighted by atomic mass is 9.94. The summed E-state index contributed by atoms with van der Waals surface area (Å²) in [5, 5.41) is 3.04. The Balaban J connectivity index is 1.63. The Morgan fingerprint density at radius 2 is 1.92 bits per heavy atom. The van der Waals surface area contributed by atoms with Crippen LogP contribution in [0.15, 0.2) is 42.5 Å². The maximum Gasteiger partial charge on any atom is 0.269 e. The first-order valence-electron chi connectivity index (χ1n) is 8.49. The number of rotatable bonds is 4. The van der Waals surface area contributed by atoms with E-state index in [1.54, 1.807) is 6.07 Å². The predicted octanol–water partition coefficient (Wildman–Crippen LogP) is 2.96. The molecule has 0 unspecified atom stereocenters. The van der Waals surface area contributed by atoms with Gasteiger partial charge in [0.25, 0.3) is 5.91 Å². The molecule has 0 fully saturated rings. The summed E-state index contributed by atoms with van der Waals surface area (Å²) in [6.07, 6.45) is 1.06. The highest BCUT2D eigenvalue weighted by atomic mass is 16.1. The first-order chi connectivity index (χ1) is 11.5. The molecule has 4 heteroatoms. The molecule has 0 atom stereocenters. The summed E-state index contributed by atoms with van der Waals surface area (Å²) in [4.78, 5) is 19.1. The smallest absolute Gasteiger partial charge is 0.269 e. The van der Waals surface area contributed by atoms with Crippen molar-refractivity contribution in [2.75, 3.05) is 13.1 Å². The van der Waals surface area contributed by atoms with Crippen LogP contribution in [0, 0.1) is 6.92 Å². The monoisotopic (exact) mass is 323 g/mol. The molecule has 1 aromatic carbocycles. The third-order valence-electron chi connectivity index (χ3n) is 4.79. The van der Waals surface area contributed by atoms with Gasteiger partial charge in [0.05, 0.1) is 0 Å². The van der Waals surface area contributed by atoms with Gasteiger partial charge in [0, 0.05) is 30.9 Å². The van der Waals surface area contributed by atoms with Gasteiger partial charge >= 0.3 is 0 Å². The molecule has 0 saturated heterocycles. The van der Waals surface area contributed by atoms with Gasteiger partial charge in [-0.05, 0) is 50.5 Å². The van der Waals surface area contributed by atoms with Crippen LogP contribution in [0.1, 0.15) is 41.2 Å². The number of hydrogen-bond donors (Lipinski definition) is 1. The molecule has 0 saturated carbocycles. The summed E-state index contributed by atoms with van der Waals surface area (Å²) in [6.45, 7) is 8.82. The Kier molecular flexibility index (Phi) is 4.67. The van der Waals surface area contributed by atoms with Gasteiger partial charge in [-0.3, -0.25) is 9.69 Å². The highest BCUT2D eigenvalue weighted by molar-refractivity contribution is 5.92. The molecule has 126 valence electrons. The third-order valence-corrected chi connectivity index (χ3v) is 4.79. The van der Waals surface area contributed by atoms with Crippen LogP contribution in [0.5, 0.6) is 0 Å². The number of fused-ring (bicyclic) bond motifs is 1. The molecule has 0 aliphatic carbocycles. The molecule has 1 aromatic heterocycles. The molecule has 1 aliphatic heterocycles. The van der Waals surface area contributed by atoms with E-state index in [9.17, 15) is 4.79 Å². The van der Waals surface area contributed by atoms with E-state index in [-0.39, 0.29) is 11.4 Å². The molecule has 1 N–H and O–H groups in total. The van der Waals surface area contributed by atoms with Gasteiger partial charge in [-0.25, -0.2) is 4.98 Å². The first-order valence-corrected chi connectivity index (χ1v) is 8.49. The fourth-order valence-corrected chi connectivity index (χ4v) is 3.18. The SMILES string of the molecule is Cc1cccc(C(=O)NCC(C)(C)N2CCc3ccccc3C2)n1. The van der Waals surface area contributed by atoms with E-state index in [0.717, 1.165) is 25.2 Å². The first kappa shape index (κ1) is 16.7. The van der Waals surface area contributed by atoms with Gasteiger partial charge < -0.3 is 5.32 Å². The van der Waals surface area contributed by atoms with Crippen LogP contribution in [-0.4, -0.2) is 34.4 Å². The van der Waals surface area contributed by atoms with Crippen molar-refractivity contribution in [2.45, 2.75) is 39.3 Å². The van der Waals surface area contributed by atoms with Crippen molar-refractivity contribution < 1.29 is 4.79 Å². The number of nitrogens with zero attached hydrogens (tertiary/aromatic N) is 2. The zero-order valence-corrected chi connectivity index (χ0v) is 14.7. The van der Waals surface area contributed by atoms with Gasteiger partial charge in [0.15, 0.2) is 0 Å². The number of carbonyl (C=O) groups excluding carboxylic acids is 1. The highest BCUT2D eigenvalue weighted by Crippen LogP contribution is 2.24.